The highest BCUT2D eigenvalue weighted by atomic mass is 35.5. The summed E-state index contributed by atoms with van der Waals surface area (Å²) >= 11 is 16.5. The van der Waals surface area contributed by atoms with E-state index in [9.17, 15) is 4.79 Å². The van der Waals surface area contributed by atoms with Gasteiger partial charge in [0.2, 0.25) is 5.78 Å². The molecule has 0 unspecified atom stereocenters. The van der Waals surface area contributed by atoms with Gasteiger partial charge >= 0.3 is 0 Å². The zero-order valence-electron chi connectivity index (χ0n) is 13.7. The lowest BCUT2D eigenvalue weighted by molar-refractivity contribution is 0.104. The van der Waals surface area contributed by atoms with Crippen molar-refractivity contribution < 1.29 is 4.79 Å². The fourth-order valence-electron chi connectivity index (χ4n) is 2.11. The van der Waals surface area contributed by atoms with Crippen LogP contribution in [0.3, 0.4) is 0 Å². The van der Waals surface area contributed by atoms with Crippen LogP contribution in [0.1, 0.15) is 30.6 Å². The number of thioether (sulfide) groups is 3. The molecular formula is C17H20ClNOS4. The monoisotopic (exact) mass is 417 g/mol. The van der Waals surface area contributed by atoms with Crippen molar-refractivity contribution in [2.75, 3.05) is 24.6 Å². The van der Waals surface area contributed by atoms with Gasteiger partial charge < -0.3 is 4.90 Å². The first-order valence-electron chi connectivity index (χ1n) is 7.83. The maximum absolute atomic E-state index is 13.1. The Morgan fingerprint density at radius 3 is 2.33 bits per heavy atom. The number of hydrogen-bond acceptors (Lipinski definition) is 5. The van der Waals surface area contributed by atoms with Crippen LogP contribution in [0.4, 0.5) is 0 Å². The van der Waals surface area contributed by atoms with Gasteiger partial charge in [0.25, 0.3) is 0 Å². The number of carbonyl (C=O) groups is 1. The topological polar surface area (TPSA) is 20.3 Å². The molecule has 0 bridgehead atoms. The van der Waals surface area contributed by atoms with Crippen LogP contribution in [-0.4, -0.2) is 39.6 Å². The van der Waals surface area contributed by atoms with Gasteiger partial charge in [-0.3, -0.25) is 4.79 Å². The zero-order chi connectivity index (χ0) is 17.5. The molecule has 1 aliphatic rings. The summed E-state index contributed by atoms with van der Waals surface area (Å²) < 4.78 is 1.86. The molecule has 24 heavy (non-hydrogen) atoms. The smallest absolute Gasteiger partial charge is 0.201 e. The van der Waals surface area contributed by atoms with Crippen LogP contribution in [0.2, 0.25) is 5.02 Å². The second-order valence-corrected chi connectivity index (χ2v) is 9.59. The molecular weight excluding hydrogens is 398 g/mol. The van der Waals surface area contributed by atoms with Crippen LogP contribution in [0, 0.1) is 0 Å². The SMILES string of the molecule is CCN(CC)C(=S)SC(C(=O)c1ccc(Cl)cc1)=C1SCCCS1. The van der Waals surface area contributed by atoms with Crippen LogP contribution in [0.25, 0.3) is 0 Å². The maximum atomic E-state index is 13.1. The minimum absolute atomic E-state index is 0.0306. The minimum Gasteiger partial charge on any atom is -0.358 e. The molecule has 1 aromatic carbocycles. The van der Waals surface area contributed by atoms with Crippen molar-refractivity contribution in [3.63, 3.8) is 0 Å². The molecule has 0 spiro atoms. The lowest BCUT2D eigenvalue weighted by atomic mass is 10.1. The quantitative estimate of drug-likeness (QED) is 0.334. The summed E-state index contributed by atoms with van der Waals surface area (Å²) in [5, 5.41) is 0.633. The van der Waals surface area contributed by atoms with Crippen molar-refractivity contribution in [2.45, 2.75) is 20.3 Å². The molecule has 0 saturated carbocycles. The highest BCUT2D eigenvalue weighted by Crippen LogP contribution is 2.42. The predicted molar refractivity (Wildman–Crippen MR) is 115 cm³/mol. The van der Waals surface area contributed by atoms with Crippen molar-refractivity contribution >= 4 is 69.2 Å². The number of carbonyl (C=O) groups excluding carboxylic acids is 1. The first kappa shape index (κ1) is 20.2. The second-order valence-electron chi connectivity index (χ2n) is 5.04. The Balaban J connectivity index is 2.31. The molecule has 1 fully saturated rings. The average molecular weight is 418 g/mol. The molecule has 7 heteroatoms. The Labute approximate surface area is 167 Å². The molecule has 2 nitrogen and oxygen atoms in total. The lowest BCUT2D eigenvalue weighted by Gasteiger charge is -2.23. The molecule has 0 amide bonds. The summed E-state index contributed by atoms with van der Waals surface area (Å²) in [6.07, 6.45) is 1.17. The molecule has 0 aliphatic carbocycles. The molecule has 0 aromatic heterocycles. The van der Waals surface area contributed by atoms with E-state index in [0.717, 1.165) is 38.1 Å². The number of hydrogen-bond donors (Lipinski definition) is 0. The third-order valence-corrected chi connectivity index (χ3v) is 8.13. The summed E-state index contributed by atoms with van der Waals surface area (Å²) in [4.78, 5) is 15.9. The highest BCUT2D eigenvalue weighted by Gasteiger charge is 2.23. The third kappa shape index (κ3) is 5.43. The molecule has 1 heterocycles. The van der Waals surface area contributed by atoms with Crippen molar-refractivity contribution in [1.82, 2.24) is 4.90 Å². The molecule has 130 valence electrons. The van der Waals surface area contributed by atoms with Crippen LogP contribution >= 0.6 is 59.1 Å². The highest BCUT2D eigenvalue weighted by molar-refractivity contribution is 8.28. The van der Waals surface area contributed by atoms with Gasteiger partial charge in [-0.05, 0) is 56.0 Å². The number of Topliss-reactive ketones (excluding diaryl/α,β-unsaturated/α-hetero) is 1. The van der Waals surface area contributed by atoms with E-state index in [4.69, 9.17) is 23.8 Å². The number of benzene rings is 1. The van der Waals surface area contributed by atoms with Gasteiger partial charge in [0.05, 0.1) is 9.14 Å². The standard InChI is InChI=1S/C17H20ClNOS4/c1-3-19(4-2)17(21)24-15(16-22-10-5-11-23-16)14(20)12-6-8-13(18)9-7-12/h6-9H,3-5,10-11H2,1-2H3. The summed E-state index contributed by atoms with van der Waals surface area (Å²) in [5.41, 5.74) is 0.656. The fraction of sp³-hybridized carbons (Fsp3) is 0.412. The van der Waals surface area contributed by atoms with Gasteiger partial charge in [-0.15, -0.1) is 23.5 Å². The predicted octanol–water partition coefficient (Wildman–Crippen LogP) is 5.92. The van der Waals surface area contributed by atoms with Gasteiger partial charge in [0.15, 0.2) is 0 Å². The van der Waals surface area contributed by atoms with Crippen molar-refractivity contribution in [3.8, 4) is 0 Å². The van der Waals surface area contributed by atoms with Gasteiger partial charge in [-0.1, -0.05) is 35.6 Å². The van der Waals surface area contributed by atoms with Crippen LogP contribution in [-0.2, 0) is 0 Å². The Hall–Kier alpha value is -0.140. The van der Waals surface area contributed by atoms with Gasteiger partial charge in [-0.25, -0.2) is 0 Å². The number of thiocarbonyl (C=S) groups is 1. The van der Waals surface area contributed by atoms with E-state index in [0.29, 0.717) is 10.6 Å². The third-order valence-electron chi connectivity index (χ3n) is 3.46. The van der Waals surface area contributed by atoms with Gasteiger partial charge in [0, 0.05) is 23.7 Å². The normalized spacial score (nSPS) is 14.4. The summed E-state index contributed by atoms with van der Waals surface area (Å²) in [5.74, 6) is 2.14. The number of rotatable bonds is 5. The summed E-state index contributed by atoms with van der Waals surface area (Å²) in [6.45, 7) is 5.85. The Morgan fingerprint density at radius 2 is 1.79 bits per heavy atom. The van der Waals surface area contributed by atoms with Gasteiger partial charge in [0.1, 0.15) is 4.32 Å². The molecule has 2 rings (SSSR count). The first-order chi connectivity index (χ1) is 11.6. The van der Waals surface area contributed by atoms with E-state index >= 15 is 0 Å². The molecule has 0 atom stereocenters. The molecule has 0 N–H and O–H groups in total. The Morgan fingerprint density at radius 1 is 1.21 bits per heavy atom. The van der Waals surface area contributed by atoms with E-state index in [1.54, 1.807) is 47.8 Å². The molecule has 1 aliphatic heterocycles. The molecule has 1 saturated heterocycles. The van der Waals surface area contributed by atoms with Crippen LogP contribution in [0.15, 0.2) is 33.4 Å². The van der Waals surface area contributed by atoms with E-state index in [1.165, 1.54) is 18.2 Å². The second kappa shape index (κ2) is 10.1. The number of halogens is 1. The summed E-state index contributed by atoms with van der Waals surface area (Å²) in [7, 11) is 0. The minimum atomic E-state index is 0.0306. The Bertz CT molecular complexity index is 618. The number of ketones is 1. The van der Waals surface area contributed by atoms with Crippen molar-refractivity contribution in [3.05, 3.63) is 44.0 Å². The molecule has 1 aromatic rings. The maximum Gasteiger partial charge on any atom is 0.201 e. The van der Waals surface area contributed by atoms with Crippen LogP contribution in [0.5, 0.6) is 0 Å². The fourth-order valence-corrected chi connectivity index (χ4v) is 6.61. The largest absolute Gasteiger partial charge is 0.358 e. The van der Waals surface area contributed by atoms with E-state index in [2.05, 4.69) is 18.7 Å². The van der Waals surface area contributed by atoms with E-state index in [1.807, 2.05) is 0 Å². The van der Waals surface area contributed by atoms with Crippen molar-refractivity contribution in [1.29, 1.82) is 0 Å². The molecule has 0 radical (unpaired) electrons. The van der Waals surface area contributed by atoms with Crippen LogP contribution < -0.4 is 0 Å². The van der Waals surface area contributed by atoms with Gasteiger partial charge in [-0.2, -0.15) is 0 Å². The first-order valence-corrected chi connectivity index (χ1v) is 11.4. The zero-order valence-corrected chi connectivity index (χ0v) is 17.7. The van der Waals surface area contributed by atoms with Crippen molar-refractivity contribution in [2.24, 2.45) is 0 Å². The number of nitrogens with zero attached hydrogens (tertiary/aromatic N) is 1. The van der Waals surface area contributed by atoms with E-state index in [-0.39, 0.29) is 5.78 Å². The summed E-state index contributed by atoms with van der Waals surface area (Å²) in [6, 6.07) is 7.08. The average Bonchev–Trinajstić information content (AvgIpc) is 2.61. The number of allylic oxidation sites excluding steroid dienone is 1. The van der Waals surface area contributed by atoms with E-state index < -0.39 is 0 Å². The lowest BCUT2D eigenvalue weighted by Crippen LogP contribution is -2.27. The Kier molecular flexibility index (Phi) is 8.50.